The molecule has 1 heterocycles. The Morgan fingerprint density at radius 2 is 2.15 bits per heavy atom. The van der Waals surface area contributed by atoms with Crippen LogP contribution in [-0.4, -0.2) is 12.6 Å². The van der Waals surface area contributed by atoms with Gasteiger partial charge in [-0.25, -0.2) is 0 Å². The van der Waals surface area contributed by atoms with Gasteiger partial charge in [0.15, 0.2) is 12.4 Å². The standard InChI is InChI=1S/C16H23NO3/c1-3-20-16(18)12(2)14-5-4-6-15(11-14)13-7-9-17(19)10-8-13/h7-10,12,14-15H,3-6,11H2,1-2H3/t12?,14?,15-/m1/s1. The number of carbonyl (C=O) groups excluding carboxylic acids is 1. The molecule has 0 aliphatic heterocycles. The van der Waals surface area contributed by atoms with E-state index in [1.165, 1.54) is 5.56 Å². The van der Waals surface area contributed by atoms with Gasteiger partial charge in [-0.3, -0.25) is 4.79 Å². The fourth-order valence-electron chi connectivity index (χ4n) is 3.15. The predicted molar refractivity (Wildman–Crippen MR) is 75.9 cm³/mol. The van der Waals surface area contributed by atoms with E-state index >= 15 is 0 Å². The van der Waals surface area contributed by atoms with Crippen molar-refractivity contribution in [3.05, 3.63) is 35.3 Å². The normalized spacial score (nSPS) is 24.1. The first kappa shape index (κ1) is 14.8. The second-order valence-corrected chi connectivity index (χ2v) is 5.66. The van der Waals surface area contributed by atoms with Crippen LogP contribution in [0.3, 0.4) is 0 Å². The highest BCUT2D eigenvalue weighted by atomic mass is 16.5. The lowest BCUT2D eigenvalue weighted by molar-refractivity contribution is -0.605. The molecule has 1 saturated carbocycles. The van der Waals surface area contributed by atoms with Gasteiger partial charge in [0.05, 0.1) is 12.5 Å². The minimum absolute atomic E-state index is 0.0362. The summed E-state index contributed by atoms with van der Waals surface area (Å²) in [4.78, 5) is 11.9. The van der Waals surface area contributed by atoms with Gasteiger partial charge in [0.2, 0.25) is 0 Å². The maximum absolute atomic E-state index is 11.9. The molecule has 1 aliphatic rings. The van der Waals surface area contributed by atoms with Gasteiger partial charge in [0.1, 0.15) is 0 Å². The largest absolute Gasteiger partial charge is 0.619 e. The number of ether oxygens (including phenoxy) is 1. The molecule has 0 amide bonds. The van der Waals surface area contributed by atoms with Crippen LogP contribution >= 0.6 is 0 Å². The van der Waals surface area contributed by atoms with Crippen LogP contribution in [0, 0.1) is 17.0 Å². The molecule has 1 aliphatic carbocycles. The number of pyridine rings is 1. The molecule has 1 aromatic rings. The topological polar surface area (TPSA) is 53.2 Å². The van der Waals surface area contributed by atoms with Crippen molar-refractivity contribution in [2.45, 2.75) is 45.4 Å². The number of aromatic nitrogens is 1. The van der Waals surface area contributed by atoms with Gasteiger partial charge in [-0.1, -0.05) is 13.3 Å². The highest BCUT2D eigenvalue weighted by molar-refractivity contribution is 5.72. The highest BCUT2D eigenvalue weighted by Crippen LogP contribution is 2.39. The summed E-state index contributed by atoms with van der Waals surface area (Å²) in [6.07, 6.45) is 7.45. The first-order valence-corrected chi connectivity index (χ1v) is 7.47. The van der Waals surface area contributed by atoms with Crippen molar-refractivity contribution in [1.29, 1.82) is 0 Å². The summed E-state index contributed by atoms with van der Waals surface area (Å²) in [7, 11) is 0. The van der Waals surface area contributed by atoms with E-state index in [1.807, 2.05) is 26.0 Å². The number of carbonyl (C=O) groups is 1. The van der Waals surface area contributed by atoms with Gasteiger partial charge in [-0.05, 0) is 43.6 Å². The molecule has 0 spiro atoms. The Bertz CT molecular complexity index is 444. The van der Waals surface area contributed by atoms with E-state index in [2.05, 4.69) is 0 Å². The molecule has 2 rings (SSSR count). The fourth-order valence-corrected chi connectivity index (χ4v) is 3.15. The van der Waals surface area contributed by atoms with E-state index in [9.17, 15) is 10.0 Å². The zero-order chi connectivity index (χ0) is 14.5. The Kier molecular flexibility index (Phi) is 4.99. The molecule has 1 fully saturated rings. The molecule has 1 aromatic heterocycles. The van der Waals surface area contributed by atoms with Crippen molar-refractivity contribution in [1.82, 2.24) is 0 Å². The van der Waals surface area contributed by atoms with Crippen LogP contribution in [0.2, 0.25) is 0 Å². The van der Waals surface area contributed by atoms with Crippen molar-refractivity contribution in [2.75, 3.05) is 6.61 Å². The Morgan fingerprint density at radius 1 is 1.45 bits per heavy atom. The van der Waals surface area contributed by atoms with Crippen molar-refractivity contribution < 1.29 is 14.3 Å². The summed E-state index contributed by atoms with van der Waals surface area (Å²) in [5.74, 6) is 0.716. The number of esters is 1. The summed E-state index contributed by atoms with van der Waals surface area (Å²) in [6, 6.07) is 3.80. The van der Waals surface area contributed by atoms with Crippen LogP contribution in [0.25, 0.3) is 0 Å². The fraction of sp³-hybridized carbons (Fsp3) is 0.625. The zero-order valence-electron chi connectivity index (χ0n) is 12.2. The molecular formula is C16H23NO3. The predicted octanol–water partition coefficient (Wildman–Crippen LogP) is 2.79. The van der Waals surface area contributed by atoms with Crippen LogP contribution < -0.4 is 4.73 Å². The number of hydrogen-bond acceptors (Lipinski definition) is 3. The maximum atomic E-state index is 11.9. The third-order valence-electron chi connectivity index (χ3n) is 4.38. The highest BCUT2D eigenvalue weighted by Gasteiger charge is 2.31. The number of nitrogens with zero attached hydrogens (tertiary/aromatic N) is 1. The maximum Gasteiger partial charge on any atom is 0.308 e. The number of hydrogen-bond donors (Lipinski definition) is 0. The lowest BCUT2D eigenvalue weighted by atomic mass is 9.73. The molecule has 0 aromatic carbocycles. The number of rotatable bonds is 4. The van der Waals surface area contributed by atoms with Crippen LogP contribution in [0.15, 0.2) is 24.5 Å². The smallest absolute Gasteiger partial charge is 0.308 e. The van der Waals surface area contributed by atoms with E-state index in [0.717, 1.165) is 30.4 Å². The third-order valence-corrected chi connectivity index (χ3v) is 4.38. The Labute approximate surface area is 120 Å². The molecule has 0 radical (unpaired) electrons. The van der Waals surface area contributed by atoms with Crippen LogP contribution in [-0.2, 0) is 9.53 Å². The van der Waals surface area contributed by atoms with Crippen LogP contribution in [0.1, 0.15) is 51.0 Å². The van der Waals surface area contributed by atoms with Crippen molar-refractivity contribution in [3.8, 4) is 0 Å². The third kappa shape index (κ3) is 3.50. The zero-order valence-corrected chi connectivity index (χ0v) is 12.2. The Balaban J connectivity index is 2.01. The Morgan fingerprint density at radius 3 is 2.80 bits per heavy atom. The molecule has 2 unspecified atom stereocenters. The minimum atomic E-state index is -0.0800. The average Bonchev–Trinajstić information content (AvgIpc) is 2.47. The van der Waals surface area contributed by atoms with Crippen molar-refractivity contribution >= 4 is 5.97 Å². The van der Waals surface area contributed by atoms with Gasteiger partial charge in [-0.15, -0.1) is 0 Å². The molecule has 4 nitrogen and oxygen atoms in total. The van der Waals surface area contributed by atoms with Gasteiger partial charge in [-0.2, -0.15) is 4.73 Å². The van der Waals surface area contributed by atoms with Gasteiger partial charge >= 0.3 is 5.97 Å². The van der Waals surface area contributed by atoms with E-state index in [4.69, 9.17) is 4.74 Å². The monoisotopic (exact) mass is 277 g/mol. The summed E-state index contributed by atoms with van der Waals surface area (Å²) in [5, 5.41) is 11.1. The van der Waals surface area contributed by atoms with Gasteiger partial charge in [0.25, 0.3) is 0 Å². The summed E-state index contributed by atoms with van der Waals surface area (Å²) in [5.41, 5.74) is 1.21. The van der Waals surface area contributed by atoms with Crippen LogP contribution in [0.4, 0.5) is 0 Å². The van der Waals surface area contributed by atoms with Crippen LogP contribution in [0.5, 0.6) is 0 Å². The van der Waals surface area contributed by atoms with Gasteiger partial charge in [0, 0.05) is 12.1 Å². The Hall–Kier alpha value is -1.58. The minimum Gasteiger partial charge on any atom is -0.619 e. The SMILES string of the molecule is CCOC(=O)C(C)C1CCC[C@@H](c2cc[n+]([O-])cc2)C1. The lowest BCUT2D eigenvalue weighted by Gasteiger charge is -2.32. The molecule has 0 bridgehead atoms. The molecule has 20 heavy (non-hydrogen) atoms. The van der Waals surface area contributed by atoms with Crippen molar-refractivity contribution in [2.24, 2.45) is 11.8 Å². The van der Waals surface area contributed by atoms with E-state index in [0.29, 0.717) is 18.4 Å². The molecule has 0 saturated heterocycles. The van der Waals surface area contributed by atoms with Crippen molar-refractivity contribution in [3.63, 3.8) is 0 Å². The van der Waals surface area contributed by atoms with E-state index in [-0.39, 0.29) is 11.9 Å². The first-order valence-electron chi connectivity index (χ1n) is 7.47. The molecule has 110 valence electrons. The quantitative estimate of drug-likeness (QED) is 0.483. The van der Waals surface area contributed by atoms with Gasteiger partial charge < -0.3 is 9.94 Å². The second-order valence-electron chi connectivity index (χ2n) is 5.66. The first-order chi connectivity index (χ1) is 9.61. The molecular weight excluding hydrogens is 254 g/mol. The lowest BCUT2D eigenvalue weighted by Crippen LogP contribution is -2.28. The summed E-state index contributed by atoms with van der Waals surface area (Å²) in [6.45, 7) is 4.26. The van der Waals surface area contributed by atoms with E-state index < -0.39 is 0 Å². The second kappa shape index (κ2) is 6.73. The summed E-state index contributed by atoms with van der Waals surface area (Å²) >= 11 is 0. The molecule has 4 heteroatoms. The summed E-state index contributed by atoms with van der Waals surface area (Å²) < 4.78 is 5.94. The average molecular weight is 277 g/mol. The molecule has 0 N–H and O–H groups in total. The molecule has 3 atom stereocenters. The van der Waals surface area contributed by atoms with E-state index in [1.54, 1.807) is 12.4 Å².